The molecular formula is C27H38N4O4S2. The number of sulfonamides is 1. The van der Waals surface area contributed by atoms with Gasteiger partial charge in [0, 0.05) is 47.6 Å². The number of carbonyl (C=O) groups excluding carboxylic acids is 1. The number of rotatable bonds is 12. The number of nitrogens with zero attached hydrogens (tertiary/aromatic N) is 1. The second kappa shape index (κ2) is 12.1. The highest BCUT2D eigenvalue weighted by Crippen LogP contribution is 2.38. The van der Waals surface area contributed by atoms with Crippen molar-refractivity contribution in [3.63, 3.8) is 0 Å². The van der Waals surface area contributed by atoms with E-state index < -0.39 is 15.9 Å². The summed E-state index contributed by atoms with van der Waals surface area (Å²) in [5.41, 5.74) is 9.09. The highest BCUT2D eigenvalue weighted by molar-refractivity contribution is 7.89. The molecule has 1 saturated heterocycles. The van der Waals surface area contributed by atoms with Crippen LogP contribution in [0, 0.1) is 0 Å². The van der Waals surface area contributed by atoms with Crippen LogP contribution in [-0.4, -0.2) is 61.7 Å². The van der Waals surface area contributed by atoms with E-state index in [0.717, 1.165) is 65.9 Å². The van der Waals surface area contributed by atoms with Crippen molar-refractivity contribution in [1.82, 2.24) is 14.6 Å². The normalized spacial score (nSPS) is 15.7. The highest BCUT2D eigenvalue weighted by atomic mass is 32.2. The summed E-state index contributed by atoms with van der Waals surface area (Å²) in [6, 6.07) is 8.21. The summed E-state index contributed by atoms with van der Waals surface area (Å²) in [6.45, 7) is 9.23. The number of aromatic nitrogens is 1. The molecule has 1 aliphatic rings. The van der Waals surface area contributed by atoms with Crippen molar-refractivity contribution in [1.29, 1.82) is 0 Å². The highest BCUT2D eigenvalue weighted by Gasteiger charge is 2.29. The van der Waals surface area contributed by atoms with Crippen LogP contribution in [0.1, 0.15) is 66.8 Å². The fourth-order valence-corrected chi connectivity index (χ4v) is 7.01. The molecule has 8 nitrogen and oxygen atoms in total. The molecular weight excluding hydrogens is 508 g/mol. The van der Waals surface area contributed by atoms with Gasteiger partial charge in [-0.3, -0.25) is 4.79 Å². The minimum atomic E-state index is -3.18. The predicted octanol–water partition coefficient (Wildman–Crippen LogP) is 4.43. The zero-order valence-corrected chi connectivity index (χ0v) is 23.5. The Labute approximate surface area is 223 Å². The predicted molar refractivity (Wildman–Crippen MR) is 151 cm³/mol. The van der Waals surface area contributed by atoms with Crippen molar-refractivity contribution in [3.8, 4) is 10.4 Å². The summed E-state index contributed by atoms with van der Waals surface area (Å²) in [5, 5.41) is 4.46. The van der Waals surface area contributed by atoms with E-state index in [-0.39, 0.29) is 17.8 Å². The molecule has 1 aromatic carbocycles. The van der Waals surface area contributed by atoms with E-state index in [4.69, 9.17) is 10.5 Å². The van der Waals surface area contributed by atoms with E-state index in [1.54, 1.807) is 22.6 Å². The Kier molecular flexibility index (Phi) is 9.07. The van der Waals surface area contributed by atoms with Crippen LogP contribution in [0.15, 0.2) is 30.5 Å². The van der Waals surface area contributed by atoms with Crippen LogP contribution in [0.3, 0.4) is 0 Å². The van der Waals surface area contributed by atoms with Crippen molar-refractivity contribution < 1.29 is 17.9 Å². The summed E-state index contributed by atoms with van der Waals surface area (Å²) >= 11 is 1.70. The van der Waals surface area contributed by atoms with E-state index in [2.05, 4.69) is 28.5 Å². The Bertz CT molecular complexity index is 1320. The molecule has 4 N–H and O–H groups in total. The first-order chi connectivity index (χ1) is 17.7. The van der Waals surface area contributed by atoms with Gasteiger partial charge in [-0.25, -0.2) is 12.7 Å². The molecule has 0 aliphatic carbocycles. The summed E-state index contributed by atoms with van der Waals surface area (Å²) in [7, 11) is -3.18. The quantitative estimate of drug-likeness (QED) is 0.291. The van der Waals surface area contributed by atoms with Gasteiger partial charge in [0.15, 0.2) is 0 Å². The van der Waals surface area contributed by atoms with Gasteiger partial charge in [0.2, 0.25) is 10.0 Å². The molecule has 1 fully saturated rings. The summed E-state index contributed by atoms with van der Waals surface area (Å²) < 4.78 is 31.7. The maximum absolute atomic E-state index is 12.4. The Morgan fingerprint density at radius 1 is 1.27 bits per heavy atom. The standard InChI is InChI=1S/C27H38N4O4S2/c1-4-37(33,34)31-11-8-19(9-12-31)24-17-30-26-22(24)14-20(15-23(26)27(28)32)25-7-6-21(36-25)16-29-10-5-13-35-18(2)3/h6-7,14-15,17-19,29-30H,4-5,8-13,16H2,1-3H3,(H2,28,32). The average molecular weight is 547 g/mol. The smallest absolute Gasteiger partial charge is 0.250 e. The topological polar surface area (TPSA) is 118 Å². The Hall–Kier alpha value is -2.24. The molecule has 3 aromatic rings. The number of hydrogen-bond acceptors (Lipinski definition) is 6. The Morgan fingerprint density at radius 2 is 2.03 bits per heavy atom. The Balaban J connectivity index is 1.51. The van der Waals surface area contributed by atoms with Crippen LogP contribution < -0.4 is 11.1 Å². The largest absolute Gasteiger partial charge is 0.379 e. The van der Waals surface area contributed by atoms with E-state index in [1.165, 1.54) is 4.88 Å². The number of fused-ring (bicyclic) bond motifs is 1. The van der Waals surface area contributed by atoms with Gasteiger partial charge in [-0.2, -0.15) is 0 Å². The SMILES string of the molecule is CCS(=O)(=O)N1CCC(c2c[nH]c3c(C(N)=O)cc(-c4ccc(CNCCCOC(C)C)s4)cc23)CC1. The molecule has 0 atom stereocenters. The lowest BCUT2D eigenvalue weighted by Gasteiger charge is -2.31. The van der Waals surface area contributed by atoms with Crippen LogP contribution in [-0.2, 0) is 21.3 Å². The number of aromatic amines is 1. The second-order valence-electron chi connectivity index (χ2n) is 9.84. The van der Waals surface area contributed by atoms with Crippen LogP contribution in [0.25, 0.3) is 21.3 Å². The maximum Gasteiger partial charge on any atom is 0.250 e. The number of nitrogens with two attached hydrogens (primary N) is 1. The Morgan fingerprint density at radius 3 is 2.70 bits per heavy atom. The molecule has 0 bridgehead atoms. The minimum Gasteiger partial charge on any atom is -0.379 e. The molecule has 4 rings (SSSR count). The fraction of sp³-hybridized carbons (Fsp3) is 0.519. The number of primary amides is 1. The van der Waals surface area contributed by atoms with Crippen LogP contribution >= 0.6 is 11.3 Å². The number of thiophene rings is 1. The number of nitrogens with one attached hydrogen (secondary N) is 2. The molecule has 0 saturated carbocycles. The average Bonchev–Trinajstić information content (AvgIpc) is 3.52. The van der Waals surface area contributed by atoms with Crippen LogP contribution in [0.5, 0.6) is 0 Å². The van der Waals surface area contributed by atoms with Crippen molar-refractivity contribution in [2.75, 3.05) is 32.0 Å². The van der Waals surface area contributed by atoms with Crippen LogP contribution in [0.2, 0.25) is 0 Å². The van der Waals surface area contributed by atoms with Gasteiger partial charge in [0.05, 0.1) is 22.9 Å². The number of amides is 1. The van der Waals surface area contributed by atoms with Crippen LogP contribution in [0.4, 0.5) is 0 Å². The number of carbonyl (C=O) groups is 1. The molecule has 0 spiro atoms. The van der Waals surface area contributed by atoms with Gasteiger partial charge >= 0.3 is 0 Å². The molecule has 3 heterocycles. The minimum absolute atomic E-state index is 0.126. The molecule has 0 radical (unpaired) electrons. The van der Waals surface area contributed by atoms with Gasteiger partial charge in [0.1, 0.15) is 0 Å². The monoisotopic (exact) mass is 546 g/mol. The first kappa shape index (κ1) is 27.8. The van der Waals surface area contributed by atoms with Gasteiger partial charge in [0.25, 0.3) is 5.91 Å². The number of ether oxygens (including phenoxy) is 1. The van der Waals surface area contributed by atoms with Gasteiger partial charge in [-0.05, 0) is 87.9 Å². The zero-order chi connectivity index (χ0) is 26.6. The second-order valence-corrected chi connectivity index (χ2v) is 13.3. The maximum atomic E-state index is 12.4. The molecule has 2 aromatic heterocycles. The van der Waals surface area contributed by atoms with Gasteiger partial charge < -0.3 is 20.8 Å². The van der Waals surface area contributed by atoms with E-state index in [0.29, 0.717) is 18.7 Å². The van der Waals surface area contributed by atoms with Crippen molar-refractivity contribution >= 4 is 38.2 Å². The summed E-state index contributed by atoms with van der Waals surface area (Å²) in [4.78, 5) is 17.9. The van der Waals surface area contributed by atoms with Gasteiger partial charge in [-0.1, -0.05) is 0 Å². The van der Waals surface area contributed by atoms with E-state index in [9.17, 15) is 13.2 Å². The molecule has 0 unspecified atom stereocenters. The lowest BCUT2D eigenvalue weighted by atomic mass is 9.89. The summed E-state index contributed by atoms with van der Waals surface area (Å²) in [5.74, 6) is -0.122. The number of benzene rings is 1. The van der Waals surface area contributed by atoms with E-state index in [1.807, 2.05) is 26.1 Å². The zero-order valence-electron chi connectivity index (χ0n) is 21.9. The fourth-order valence-electron chi connectivity index (χ4n) is 4.91. The molecule has 202 valence electrons. The number of piperidine rings is 1. The third-order valence-corrected chi connectivity index (χ3v) is 9.95. The van der Waals surface area contributed by atoms with Crippen molar-refractivity contribution in [2.24, 2.45) is 5.73 Å². The molecule has 37 heavy (non-hydrogen) atoms. The lowest BCUT2D eigenvalue weighted by Crippen LogP contribution is -2.38. The third-order valence-electron chi connectivity index (χ3n) is 6.93. The molecule has 1 aliphatic heterocycles. The lowest BCUT2D eigenvalue weighted by molar-refractivity contribution is 0.0770. The number of hydrogen-bond donors (Lipinski definition) is 3. The summed E-state index contributed by atoms with van der Waals surface area (Å²) in [6.07, 6.45) is 4.68. The van der Waals surface area contributed by atoms with Crippen molar-refractivity contribution in [3.05, 3.63) is 46.5 Å². The van der Waals surface area contributed by atoms with Gasteiger partial charge in [-0.15, -0.1) is 11.3 Å². The van der Waals surface area contributed by atoms with E-state index >= 15 is 0 Å². The molecule has 1 amide bonds. The first-order valence-corrected chi connectivity index (χ1v) is 15.5. The third kappa shape index (κ3) is 6.61. The molecule has 10 heteroatoms. The number of H-pyrrole nitrogens is 1. The first-order valence-electron chi connectivity index (χ1n) is 13.0. The van der Waals surface area contributed by atoms with Crippen molar-refractivity contribution in [2.45, 2.75) is 58.6 Å².